The molecule has 3 heteroatoms. The van der Waals surface area contributed by atoms with E-state index in [0.717, 1.165) is 19.5 Å². The lowest BCUT2D eigenvalue weighted by Gasteiger charge is -2.20. The summed E-state index contributed by atoms with van der Waals surface area (Å²) in [6, 6.07) is 0.985. The second-order valence-corrected chi connectivity index (χ2v) is 4.00. The third-order valence-electron chi connectivity index (χ3n) is 2.64. The summed E-state index contributed by atoms with van der Waals surface area (Å²) in [4.78, 5) is 13.5. The maximum absolute atomic E-state index is 11.1. The number of likely N-dealkylation sites (tertiary alicyclic amines) is 1. The lowest BCUT2D eigenvalue weighted by Crippen LogP contribution is -2.38. The molecule has 0 saturated carbocycles. The summed E-state index contributed by atoms with van der Waals surface area (Å²) in [5, 5.41) is 3.03. The first-order chi connectivity index (χ1) is 6.13. The minimum Gasteiger partial charge on any atom is -0.352 e. The number of hydrogen-bond acceptors (Lipinski definition) is 2. The van der Waals surface area contributed by atoms with Crippen LogP contribution < -0.4 is 5.32 Å². The van der Waals surface area contributed by atoms with Crippen molar-refractivity contribution in [2.45, 2.75) is 45.7 Å². The SMILES string of the molecule is CCC(=O)N[C@@H]1CCN(C(C)C)C1. The van der Waals surface area contributed by atoms with E-state index >= 15 is 0 Å². The van der Waals surface area contributed by atoms with Crippen LogP contribution in [0.25, 0.3) is 0 Å². The highest BCUT2D eigenvalue weighted by Crippen LogP contribution is 2.12. The summed E-state index contributed by atoms with van der Waals surface area (Å²) in [6.07, 6.45) is 1.70. The normalized spacial score (nSPS) is 23.8. The first kappa shape index (κ1) is 10.5. The third kappa shape index (κ3) is 2.99. The average molecular weight is 184 g/mol. The van der Waals surface area contributed by atoms with Gasteiger partial charge < -0.3 is 5.32 Å². The Labute approximate surface area is 80.5 Å². The fourth-order valence-electron chi connectivity index (χ4n) is 1.70. The van der Waals surface area contributed by atoms with Gasteiger partial charge in [0.25, 0.3) is 0 Å². The molecule has 3 nitrogen and oxygen atoms in total. The molecule has 1 atom stereocenters. The molecular formula is C10H20N2O. The maximum atomic E-state index is 11.1. The highest BCUT2D eigenvalue weighted by atomic mass is 16.1. The monoisotopic (exact) mass is 184 g/mol. The zero-order valence-electron chi connectivity index (χ0n) is 8.84. The molecule has 1 rings (SSSR count). The Morgan fingerprint density at radius 1 is 1.62 bits per heavy atom. The molecule has 0 spiro atoms. The van der Waals surface area contributed by atoms with Crippen molar-refractivity contribution in [2.75, 3.05) is 13.1 Å². The van der Waals surface area contributed by atoms with E-state index in [4.69, 9.17) is 0 Å². The van der Waals surface area contributed by atoms with E-state index in [0.29, 0.717) is 18.5 Å². The molecule has 1 aliphatic heterocycles. The highest BCUT2D eigenvalue weighted by Gasteiger charge is 2.24. The Bertz CT molecular complexity index is 180. The number of hydrogen-bond donors (Lipinski definition) is 1. The van der Waals surface area contributed by atoms with Gasteiger partial charge in [-0.1, -0.05) is 6.92 Å². The van der Waals surface area contributed by atoms with Crippen LogP contribution in [0.4, 0.5) is 0 Å². The molecule has 0 radical (unpaired) electrons. The van der Waals surface area contributed by atoms with Crippen LogP contribution in [0, 0.1) is 0 Å². The van der Waals surface area contributed by atoms with E-state index in [2.05, 4.69) is 24.1 Å². The fraction of sp³-hybridized carbons (Fsp3) is 0.900. The molecule has 1 fully saturated rings. The van der Waals surface area contributed by atoms with E-state index in [-0.39, 0.29) is 5.91 Å². The molecule has 1 saturated heterocycles. The van der Waals surface area contributed by atoms with Crippen molar-refractivity contribution in [2.24, 2.45) is 0 Å². The third-order valence-corrected chi connectivity index (χ3v) is 2.64. The van der Waals surface area contributed by atoms with Crippen molar-refractivity contribution in [1.82, 2.24) is 10.2 Å². The van der Waals surface area contributed by atoms with Crippen LogP contribution in [0.3, 0.4) is 0 Å². The first-order valence-corrected chi connectivity index (χ1v) is 5.17. The molecule has 1 N–H and O–H groups in total. The van der Waals surface area contributed by atoms with Crippen LogP contribution in [-0.2, 0) is 4.79 Å². The van der Waals surface area contributed by atoms with Gasteiger partial charge in [0.2, 0.25) is 5.91 Å². The summed E-state index contributed by atoms with van der Waals surface area (Å²) in [7, 11) is 0. The standard InChI is InChI=1S/C10H20N2O/c1-4-10(13)11-9-5-6-12(7-9)8(2)3/h8-9H,4-7H2,1-3H3,(H,11,13)/t9-/m1/s1. The van der Waals surface area contributed by atoms with E-state index in [1.807, 2.05) is 6.92 Å². The zero-order chi connectivity index (χ0) is 9.84. The minimum atomic E-state index is 0.176. The molecule has 0 aromatic heterocycles. The number of nitrogens with one attached hydrogen (secondary N) is 1. The second-order valence-electron chi connectivity index (χ2n) is 4.00. The van der Waals surface area contributed by atoms with E-state index in [9.17, 15) is 4.79 Å². The van der Waals surface area contributed by atoms with Gasteiger partial charge >= 0.3 is 0 Å². The summed E-state index contributed by atoms with van der Waals surface area (Å²) < 4.78 is 0. The van der Waals surface area contributed by atoms with Crippen molar-refractivity contribution in [3.05, 3.63) is 0 Å². The molecule has 1 heterocycles. The number of nitrogens with zero attached hydrogens (tertiary/aromatic N) is 1. The van der Waals surface area contributed by atoms with Crippen LogP contribution in [-0.4, -0.2) is 36.0 Å². The van der Waals surface area contributed by atoms with Gasteiger partial charge in [0.1, 0.15) is 0 Å². The summed E-state index contributed by atoms with van der Waals surface area (Å²) in [5.41, 5.74) is 0. The molecule has 13 heavy (non-hydrogen) atoms. The quantitative estimate of drug-likeness (QED) is 0.709. The van der Waals surface area contributed by atoms with Gasteiger partial charge in [-0.25, -0.2) is 0 Å². The Morgan fingerprint density at radius 3 is 2.77 bits per heavy atom. The van der Waals surface area contributed by atoms with Gasteiger partial charge in [0, 0.05) is 31.6 Å². The van der Waals surface area contributed by atoms with Gasteiger partial charge in [-0.15, -0.1) is 0 Å². The Morgan fingerprint density at radius 2 is 2.31 bits per heavy atom. The molecule has 0 aromatic carbocycles. The van der Waals surface area contributed by atoms with Crippen LogP contribution in [0.5, 0.6) is 0 Å². The van der Waals surface area contributed by atoms with E-state index in [1.165, 1.54) is 0 Å². The fourth-order valence-corrected chi connectivity index (χ4v) is 1.70. The van der Waals surface area contributed by atoms with Crippen LogP contribution in [0.1, 0.15) is 33.6 Å². The Balaban J connectivity index is 2.29. The van der Waals surface area contributed by atoms with E-state index < -0.39 is 0 Å². The van der Waals surface area contributed by atoms with Crippen LogP contribution >= 0.6 is 0 Å². The summed E-state index contributed by atoms with van der Waals surface area (Å²) in [6.45, 7) is 8.42. The molecule has 0 unspecified atom stereocenters. The van der Waals surface area contributed by atoms with Gasteiger partial charge in [-0.3, -0.25) is 9.69 Å². The molecule has 0 aliphatic carbocycles. The number of amides is 1. The lowest BCUT2D eigenvalue weighted by molar-refractivity contribution is -0.121. The topological polar surface area (TPSA) is 32.3 Å². The smallest absolute Gasteiger partial charge is 0.219 e. The Hall–Kier alpha value is -0.570. The zero-order valence-corrected chi connectivity index (χ0v) is 8.84. The number of rotatable bonds is 3. The second kappa shape index (κ2) is 4.61. The van der Waals surface area contributed by atoms with Crippen molar-refractivity contribution >= 4 is 5.91 Å². The van der Waals surface area contributed by atoms with E-state index in [1.54, 1.807) is 0 Å². The summed E-state index contributed by atoms with van der Waals surface area (Å²) >= 11 is 0. The van der Waals surface area contributed by atoms with Gasteiger partial charge in [-0.2, -0.15) is 0 Å². The lowest BCUT2D eigenvalue weighted by atomic mass is 10.2. The minimum absolute atomic E-state index is 0.176. The number of carbonyl (C=O) groups is 1. The van der Waals surface area contributed by atoms with Gasteiger partial charge in [0.15, 0.2) is 0 Å². The Kier molecular flexibility index (Phi) is 3.72. The maximum Gasteiger partial charge on any atom is 0.219 e. The summed E-state index contributed by atoms with van der Waals surface area (Å²) in [5.74, 6) is 0.176. The molecule has 0 aromatic rings. The first-order valence-electron chi connectivity index (χ1n) is 5.17. The predicted octanol–water partition coefficient (Wildman–Crippen LogP) is 0.995. The largest absolute Gasteiger partial charge is 0.352 e. The predicted molar refractivity (Wildman–Crippen MR) is 53.5 cm³/mol. The average Bonchev–Trinajstić information content (AvgIpc) is 2.52. The molecule has 1 amide bonds. The van der Waals surface area contributed by atoms with Crippen LogP contribution in [0.15, 0.2) is 0 Å². The highest BCUT2D eigenvalue weighted by molar-refractivity contribution is 5.75. The molecule has 0 bridgehead atoms. The van der Waals surface area contributed by atoms with Gasteiger partial charge in [-0.05, 0) is 20.3 Å². The molecule has 76 valence electrons. The molecule has 1 aliphatic rings. The van der Waals surface area contributed by atoms with Crippen molar-refractivity contribution in [3.8, 4) is 0 Å². The van der Waals surface area contributed by atoms with Crippen LogP contribution in [0.2, 0.25) is 0 Å². The number of carbonyl (C=O) groups excluding carboxylic acids is 1. The molecular weight excluding hydrogens is 164 g/mol. The van der Waals surface area contributed by atoms with Crippen molar-refractivity contribution in [1.29, 1.82) is 0 Å². The van der Waals surface area contributed by atoms with Crippen molar-refractivity contribution in [3.63, 3.8) is 0 Å². The van der Waals surface area contributed by atoms with Gasteiger partial charge in [0.05, 0.1) is 0 Å². The van der Waals surface area contributed by atoms with Crippen molar-refractivity contribution < 1.29 is 4.79 Å².